The topological polar surface area (TPSA) is 24.9 Å². The minimum Gasteiger partial charge on any atom is -0.368 e. The Morgan fingerprint density at radius 1 is 1.36 bits per heavy atom. The summed E-state index contributed by atoms with van der Waals surface area (Å²) in [6.07, 6.45) is 2.67. The van der Waals surface area contributed by atoms with Gasteiger partial charge in [-0.2, -0.15) is 0 Å². The van der Waals surface area contributed by atoms with Crippen molar-refractivity contribution in [1.82, 2.24) is 4.98 Å². The summed E-state index contributed by atoms with van der Waals surface area (Å²) in [7, 11) is 0. The van der Waals surface area contributed by atoms with Crippen LogP contribution in [0.3, 0.4) is 0 Å². The molecule has 0 unspecified atom stereocenters. The summed E-state index contributed by atoms with van der Waals surface area (Å²) in [4.78, 5) is 3.58. The lowest BCUT2D eigenvalue weighted by Crippen LogP contribution is -2.05. The van der Waals surface area contributed by atoms with Crippen molar-refractivity contribution in [3.05, 3.63) is 23.9 Å². The third-order valence-corrected chi connectivity index (χ3v) is 1.93. The first-order valence-electron chi connectivity index (χ1n) is 4.35. The number of alkyl halides is 1. The molecule has 0 aliphatic rings. The van der Waals surface area contributed by atoms with E-state index in [0.717, 1.165) is 25.1 Å². The molecule has 0 aliphatic heterocycles. The number of hydrogen-bond acceptors (Lipinski definition) is 2. The fourth-order valence-corrected chi connectivity index (χ4v) is 1.16. The molecule has 1 N–H and O–H groups in total. The lowest BCUT2D eigenvalue weighted by Gasteiger charge is -2.05. The molecule has 1 aromatic heterocycles. The normalized spacial score (nSPS) is 10.2. The zero-order valence-corrected chi connectivity index (χ0v) is 8.32. The number of unbranched alkanes of at least 4 members (excludes halogenated alkanes) is 1. The van der Waals surface area contributed by atoms with Gasteiger partial charge in [0, 0.05) is 18.5 Å². The molecule has 0 aliphatic carbocycles. The van der Waals surface area contributed by atoms with Gasteiger partial charge >= 0.3 is 0 Å². The Labute approximate surface area is 86.3 Å². The number of pyridine rings is 1. The molecule has 0 radical (unpaired) electrons. The molecule has 14 heavy (non-hydrogen) atoms. The molecule has 1 rings (SSSR count). The Hall–Kier alpha value is -0.900. The van der Waals surface area contributed by atoms with Gasteiger partial charge in [-0.3, -0.25) is 0 Å². The molecule has 5 heteroatoms. The van der Waals surface area contributed by atoms with E-state index >= 15 is 0 Å². The maximum Gasteiger partial charge on any atom is 0.168 e. The van der Waals surface area contributed by atoms with Crippen molar-refractivity contribution in [2.75, 3.05) is 17.7 Å². The molecule has 0 spiro atoms. The van der Waals surface area contributed by atoms with Gasteiger partial charge in [0.25, 0.3) is 0 Å². The van der Waals surface area contributed by atoms with Gasteiger partial charge in [0.05, 0.1) is 6.20 Å². The first-order valence-corrected chi connectivity index (χ1v) is 4.88. The molecule has 0 saturated heterocycles. The van der Waals surface area contributed by atoms with Gasteiger partial charge in [0.15, 0.2) is 11.6 Å². The summed E-state index contributed by atoms with van der Waals surface area (Å²) in [5, 5.41) is 2.76. The zero-order chi connectivity index (χ0) is 10.4. The number of aromatic nitrogens is 1. The van der Waals surface area contributed by atoms with Crippen LogP contribution in [-0.2, 0) is 0 Å². The SMILES string of the molecule is Fc1cnc(NCCCCCl)c(F)c1. The van der Waals surface area contributed by atoms with Crippen molar-refractivity contribution in [2.45, 2.75) is 12.8 Å². The Kier molecular flexibility index (Phi) is 4.59. The van der Waals surface area contributed by atoms with Crippen LogP contribution in [0.5, 0.6) is 0 Å². The molecule has 0 atom stereocenters. The standard InChI is InChI=1S/C9H11ClF2N2/c10-3-1-2-4-13-9-8(12)5-7(11)6-14-9/h5-6H,1-4H2,(H,13,14). The zero-order valence-electron chi connectivity index (χ0n) is 7.56. The van der Waals surface area contributed by atoms with E-state index < -0.39 is 11.6 Å². The van der Waals surface area contributed by atoms with Crippen molar-refractivity contribution < 1.29 is 8.78 Å². The largest absolute Gasteiger partial charge is 0.368 e. The van der Waals surface area contributed by atoms with E-state index in [1.54, 1.807) is 0 Å². The summed E-state index contributed by atoms with van der Waals surface area (Å²) in [6, 6.07) is 0.802. The van der Waals surface area contributed by atoms with Crippen LogP contribution in [-0.4, -0.2) is 17.4 Å². The average molecular weight is 221 g/mol. The van der Waals surface area contributed by atoms with Gasteiger partial charge in [-0.25, -0.2) is 13.8 Å². The number of nitrogens with one attached hydrogen (secondary N) is 1. The van der Waals surface area contributed by atoms with Crippen LogP contribution in [0.2, 0.25) is 0 Å². The number of anilines is 1. The van der Waals surface area contributed by atoms with Gasteiger partial charge in [-0.1, -0.05) is 0 Å². The molecule has 1 aromatic rings. The van der Waals surface area contributed by atoms with Crippen LogP contribution in [0, 0.1) is 11.6 Å². The Bertz CT molecular complexity index is 294. The fraction of sp³-hybridized carbons (Fsp3) is 0.444. The van der Waals surface area contributed by atoms with Gasteiger partial charge < -0.3 is 5.32 Å². The smallest absolute Gasteiger partial charge is 0.168 e. The van der Waals surface area contributed by atoms with Crippen molar-refractivity contribution >= 4 is 17.4 Å². The Balaban J connectivity index is 2.42. The lowest BCUT2D eigenvalue weighted by atomic mass is 10.3. The molecular formula is C9H11ClF2N2. The van der Waals surface area contributed by atoms with E-state index in [2.05, 4.69) is 10.3 Å². The summed E-state index contributed by atoms with van der Waals surface area (Å²) in [5.74, 6) is -0.674. The van der Waals surface area contributed by atoms with Crippen molar-refractivity contribution in [3.63, 3.8) is 0 Å². The molecule has 0 amide bonds. The van der Waals surface area contributed by atoms with Crippen LogP contribution in [0.15, 0.2) is 12.3 Å². The van der Waals surface area contributed by atoms with Gasteiger partial charge in [0.1, 0.15) is 5.82 Å². The third kappa shape index (κ3) is 3.46. The predicted octanol–water partition coefficient (Wildman–Crippen LogP) is 2.79. The highest BCUT2D eigenvalue weighted by atomic mass is 35.5. The number of hydrogen-bond donors (Lipinski definition) is 1. The van der Waals surface area contributed by atoms with Gasteiger partial charge in [-0.05, 0) is 12.8 Å². The Morgan fingerprint density at radius 2 is 2.14 bits per heavy atom. The highest BCUT2D eigenvalue weighted by molar-refractivity contribution is 6.17. The first kappa shape index (κ1) is 11.2. The second kappa shape index (κ2) is 5.75. The fourth-order valence-electron chi connectivity index (χ4n) is 0.971. The first-order chi connectivity index (χ1) is 6.74. The molecule has 1 heterocycles. The van der Waals surface area contributed by atoms with Crippen molar-refractivity contribution in [3.8, 4) is 0 Å². The quantitative estimate of drug-likeness (QED) is 0.610. The van der Waals surface area contributed by atoms with E-state index in [9.17, 15) is 8.78 Å². The maximum absolute atomic E-state index is 13.0. The minimum atomic E-state index is -0.672. The summed E-state index contributed by atoms with van der Waals surface area (Å²) < 4.78 is 25.4. The van der Waals surface area contributed by atoms with E-state index in [1.807, 2.05) is 0 Å². The predicted molar refractivity (Wildman–Crippen MR) is 52.6 cm³/mol. The monoisotopic (exact) mass is 220 g/mol. The van der Waals surface area contributed by atoms with Crippen LogP contribution < -0.4 is 5.32 Å². The molecule has 2 nitrogen and oxygen atoms in total. The molecule has 78 valence electrons. The number of nitrogens with zero attached hydrogens (tertiary/aromatic N) is 1. The lowest BCUT2D eigenvalue weighted by molar-refractivity contribution is 0.575. The summed E-state index contributed by atoms with van der Waals surface area (Å²) >= 11 is 5.47. The number of halogens is 3. The average Bonchev–Trinajstić information content (AvgIpc) is 2.15. The highest BCUT2D eigenvalue weighted by Gasteiger charge is 2.03. The molecule has 0 fully saturated rings. The van der Waals surface area contributed by atoms with Crippen LogP contribution in [0.4, 0.5) is 14.6 Å². The highest BCUT2D eigenvalue weighted by Crippen LogP contribution is 2.10. The van der Waals surface area contributed by atoms with Crippen LogP contribution >= 0.6 is 11.6 Å². The third-order valence-electron chi connectivity index (χ3n) is 1.66. The van der Waals surface area contributed by atoms with E-state index in [4.69, 9.17) is 11.6 Å². The molecule has 0 saturated carbocycles. The minimum absolute atomic E-state index is 0.0842. The van der Waals surface area contributed by atoms with Crippen molar-refractivity contribution in [1.29, 1.82) is 0 Å². The second-order valence-corrected chi connectivity index (χ2v) is 3.18. The van der Waals surface area contributed by atoms with Gasteiger partial charge in [0.2, 0.25) is 0 Å². The van der Waals surface area contributed by atoms with E-state index in [-0.39, 0.29) is 5.82 Å². The van der Waals surface area contributed by atoms with Crippen LogP contribution in [0.1, 0.15) is 12.8 Å². The number of rotatable bonds is 5. The van der Waals surface area contributed by atoms with E-state index in [0.29, 0.717) is 12.4 Å². The molecule has 0 aromatic carbocycles. The van der Waals surface area contributed by atoms with E-state index in [1.165, 1.54) is 0 Å². The van der Waals surface area contributed by atoms with Gasteiger partial charge in [-0.15, -0.1) is 11.6 Å². The summed E-state index contributed by atoms with van der Waals surface area (Å²) in [5.41, 5.74) is 0. The van der Waals surface area contributed by atoms with Crippen LogP contribution in [0.25, 0.3) is 0 Å². The summed E-state index contributed by atoms with van der Waals surface area (Å²) in [6.45, 7) is 0.586. The molecular weight excluding hydrogens is 210 g/mol. The maximum atomic E-state index is 13.0. The van der Waals surface area contributed by atoms with Crippen molar-refractivity contribution in [2.24, 2.45) is 0 Å². The Morgan fingerprint density at radius 3 is 2.79 bits per heavy atom. The second-order valence-electron chi connectivity index (χ2n) is 2.81. The molecule has 0 bridgehead atoms.